The van der Waals surface area contributed by atoms with Crippen LogP contribution in [0.25, 0.3) is 0 Å². The molecule has 4 heteroatoms. The summed E-state index contributed by atoms with van der Waals surface area (Å²) < 4.78 is 11.1. The number of hydrogen-bond acceptors (Lipinski definition) is 3. The first-order valence-corrected chi connectivity index (χ1v) is 6.32. The van der Waals surface area contributed by atoms with Crippen LogP contribution in [0.3, 0.4) is 0 Å². The van der Waals surface area contributed by atoms with Gasteiger partial charge in [-0.15, -0.1) is 0 Å². The molecule has 1 aromatic carbocycles. The lowest BCUT2D eigenvalue weighted by Gasteiger charge is -2.29. The topological polar surface area (TPSA) is 38.8 Å². The van der Waals surface area contributed by atoms with Crippen molar-refractivity contribution in [1.82, 2.24) is 4.90 Å². The predicted molar refractivity (Wildman–Crippen MR) is 78.4 cm³/mol. The minimum absolute atomic E-state index is 0.353. The molecule has 108 valence electrons. The molecule has 20 heavy (non-hydrogen) atoms. The molecule has 1 aromatic rings. The third-order valence-electron chi connectivity index (χ3n) is 2.72. The van der Waals surface area contributed by atoms with Gasteiger partial charge in [-0.05, 0) is 50.0 Å². The Morgan fingerprint density at radius 1 is 1.20 bits per heavy atom. The van der Waals surface area contributed by atoms with Crippen molar-refractivity contribution < 1.29 is 14.3 Å². The molecule has 0 bridgehead atoms. The molecule has 1 unspecified atom stereocenters. The lowest BCUT2D eigenvalue weighted by molar-refractivity contribution is -0.174. The van der Waals surface area contributed by atoms with Gasteiger partial charge in [0, 0.05) is 21.2 Å². The third kappa shape index (κ3) is 3.52. The zero-order chi connectivity index (χ0) is 15.3. The molecule has 0 saturated heterocycles. The second kappa shape index (κ2) is 6.44. The lowest BCUT2D eigenvalue weighted by atomic mass is 10.1. The molecular weight excluding hydrogens is 254 g/mol. The van der Waals surface area contributed by atoms with Gasteiger partial charge in [-0.2, -0.15) is 0 Å². The maximum absolute atomic E-state index is 12.3. The van der Waals surface area contributed by atoms with Gasteiger partial charge >= 0.3 is 11.7 Å². The number of ether oxygens (including phenoxy) is 2. The minimum Gasteiger partial charge on any atom is -0.444 e. The highest BCUT2D eigenvalue weighted by atomic mass is 16.7. The Kier molecular flexibility index (Phi) is 5.18. The monoisotopic (exact) mass is 275 g/mol. The molecular formula is C16H21NO3. The molecule has 0 aliphatic carbocycles. The van der Waals surface area contributed by atoms with Crippen molar-refractivity contribution in [1.29, 1.82) is 0 Å². The quantitative estimate of drug-likeness (QED) is 0.624. The minimum atomic E-state index is -1.61. The third-order valence-corrected chi connectivity index (χ3v) is 2.72. The van der Waals surface area contributed by atoms with Crippen LogP contribution < -0.4 is 4.74 Å². The Labute approximate surface area is 120 Å². The molecule has 0 heterocycles. The summed E-state index contributed by atoms with van der Waals surface area (Å²) in [5.74, 6) is 4.02. The Morgan fingerprint density at radius 2 is 1.75 bits per heavy atom. The van der Waals surface area contributed by atoms with E-state index in [2.05, 4.69) is 11.8 Å². The summed E-state index contributed by atoms with van der Waals surface area (Å²) in [6.07, 6.45) is 0. The van der Waals surface area contributed by atoms with Crippen molar-refractivity contribution in [3.8, 4) is 17.6 Å². The van der Waals surface area contributed by atoms with Crippen LogP contribution in [0, 0.1) is 25.7 Å². The van der Waals surface area contributed by atoms with Crippen molar-refractivity contribution in [2.45, 2.75) is 26.6 Å². The summed E-state index contributed by atoms with van der Waals surface area (Å²) >= 11 is 0. The molecule has 0 aliphatic heterocycles. The molecule has 1 rings (SSSR count). The fraction of sp³-hybridized carbons (Fsp3) is 0.438. The van der Waals surface area contributed by atoms with Crippen LogP contribution in [0.2, 0.25) is 0 Å². The Bertz CT molecular complexity index is 534. The van der Waals surface area contributed by atoms with Gasteiger partial charge in [0.25, 0.3) is 0 Å². The summed E-state index contributed by atoms with van der Waals surface area (Å²) in [7, 11) is 4.69. The molecule has 0 N–H and O–H groups in total. The second-order valence-corrected chi connectivity index (χ2v) is 4.82. The summed E-state index contributed by atoms with van der Waals surface area (Å²) in [5, 5.41) is 0. The first kappa shape index (κ1) is 16.1. The van der Waals surface area contributed by atoms with Crippen molar-refractivity contribution in [3.05, 3.63) is 29.3 Å². The Hall–Kier alpha value is -1.99. The lowest BCUT2D eigenvalue weighted by Crippen LogP contribution is -2.51. The van der Waals surface area contributed by atoms with E-state index < -0.39 is 5.79 Å². The zero-order valence-corrected chi connectivity index (χ0v) is 12.9. The van der Waals surface area contributed by atoms with Gasteiger partial charge in [0.2, 0.25) is 0 Å². The summed E-state index contributed by atoms with van der Waals surface area (Å²) in [6.45, 7) is 5.57. The maximum atomic E-state index is 12.3. The SMILES string of the molecule is CC#CC(OC)(Oc1cc(C)cc(C)c1)C(=O)N(C)C. The average Bonchev–Trinajstić information content (AvgIpc) is 2.35. The van der Waals surface area contributed by atoms with Gasteiger partial charge < -0.3 is 14.4 Å². The molecule has 0 radical (unpaired) electrons. The highest BCUT2D eigenvalue weighted by Gasteiger charge is 2.41. The molecule has 4 nitrogen and oxygen atoms in total. The van der Waals surface area contributed by atoms with Crippen LogP contribution in [0.1, 0.15) is 18.1 Å². The van der Waals surface area contributed by atoms with E-state index >= 15 is 0 Å². The van der Waals surface area contributed by atoms with Crippen LogP contribution in [0.4, 0.5) is 0 Å². The van der Waals surface area contributed by atoms with E-state index in [0.717, 1.165) is 11.1 Å². The summed E-state index contributed by atoms with van der Waals surface area (Å²) in [5.41, 5.74) is 2.10. The van der Waals surface area contributed by atoms with Crippen LogP contribution in [-0.4, -0.2) is 37.8 Å². The Balaban J connectivity index is 3.24. The number of nitrogens with zero attached hydrogens (tertiary/aromatic N) is 1. The number of likely N-dealkylation sites (N-methyl/N-ethyl adjacent to an activating group) is 1. The fourth-order valence-corrected chi connectivity index (χ4v) is 1.92. The van der Waals surface area contributed by atoms with Crippen LogP contribution in [-0.2, 0) is 9.53 Å². The molecule has 0 spiro atoms. The molecule has 0 aromatic heterocycles. The van der Waals surface area contributed by atoms with E-state index in [0.29, 0.717) is 5.75 Å². The fourth-order valence-electron chi connectivity index (χ4n) is 1.92. The number of hydrogen-bond donors (Lipinski definition) is 0. The first-order valence-electron chi connectivity index (χ1n) is 6.32. The second-order valence-electron chi connectivity index (χ2n) is 4.82. The van der Waals surface area contributed by atoms with Crippen molar-refractivity contribution in [3.63, 3.8) is 0 Å². The zero-order valence-electron chi connectivity index (χ0n) is 12.9. The molecule has 0 saturated carbocycles. The van der Waals surface area contributed by atoms with Gasteiger partial charge in [-0.3, -0.25) is 4.79 Å². The number of carbonyl (C=O) groups is 1. The number of carbonyl (C=O) groups excluding carboxylic acids is 1. The predicted octanol–water partition coefficient (Wildman–Crippen LogP) is 2.14. The number of rotatable bonds is 4. The molecule has 1 atom stereocenters. The van der Waals surface area contributed by atoms with E-state index in [-0.39, 0.29) is 5.91 Å². The van der Waals surface area contributed by atoms with Gasteiger partial charge in [0.05, 0.1) is 0 Å². The molecule has 0 aliphatic rings. The maximum Gasteiger partial charge on any atom is 0.357 e. The highest BCUT2D eigenvalue weighted by molar-refractivity contribution is 5.87. The van der Waals surface area contributed by atoms with E-state index in [1.165, 1.54) is 12.0 Å². The van der Waals surface area contributed by atoms with Crippen molar-refractivity contribution in [2.24, 2.45) is 0 Å². The molecule has 0 fully saturated rings. The van der Waals surface area contributed by atoms with Gasteiger partial charge in [0.15, 0.2) is 0 Å². The van der Waals surface area contributed by atoms with Crippen molar-refractivity contribution in [2.75, 3.05) is 21.2 Å². The van der Waals surface area contributed by atoms with Crippen molar-refractivity contribution >= 4 is 5.91 Å². The Morgan fingerprint density at radius 3 is 2.15 bits per heavy atom. The average molecular weight is 275 g/mol. The molecule has 1 amide bonds. The largest absolute Gasteiger partial charge is 0.444 e. The van der Waals surface area contributed by atoms with Gasteiger partial charge in [0.1, 0.15) is 5.75 Å². The number of benzene rings is 1. The normalized spacial score (nSPS) is 12.9. The van der Waals surface area contributed by atoms with E-state index in [1.54, 1.807) is 21.0 Å². The first-order chi connectivity index (χ1) is 9.34. The van der Waals surface area contributed by atoms with Crippen LogP contribution in [0.5, 0.6) is 5.75 Å². The van der Waals surface area contributed by atoms with E-state index in [9.17, 15) is 4.79 Å². The number of amides is 1. The van der Waals surface area contributed by atoms with E-state index in [4.69, 9.17) is 9.47 Å². The summed E-state index contributed by atoms with van der Waals surface area (Å²) in [4.78, 5) is 13.7. The van der Waals surface area contributed by atoms with E-state index in [1.807, 2.05) is 32.0 Å². The van der Waals surface area contributed by atoms with Gasteiger partial charge in [-0.25, -0.2) is 0 Å². The number of aryl methyl sites for hydroxylation is 2. The van der Waals surface area contributed by atoms with Crippen LogP contribution >= 0.6 is 0 Å². The number of methoxy groups -OCH3 is 1. The standard InChI is InChI=1S/C16H21NO3/c1-7-8-16(19-6,15(18)17(4)5)20-14-10-12(2)9-13(3)11-14/h9-11H,1-6H3. The highest BCUT2D eigenvalue weighted by Crippen LogP contribution is 2.23. The summed E-state index contributed by atoms with van der Waals surface area (Å²) in [6, 6.07) is 5.72. The van der Waals surface area contributed by atoms with Crippen LogP contribution in [0.15, 0.2) is 18.2 Å². The van der Waals surface area contributed by atoms with Gasteiger partial charge in [-0.1, -0.05) is 12.0 Å². The smallest absolute Gasteiger partial charge is 0.357 e.